The summed E-state index contributed by atoms with van der Waals surface area (Å²) in [4.78, 5) is 11.5. The number of hydrogen-bond donors (Lipinski definition) is 1. The molecule has 0 aromatic heterocycles. The summed E-state index contributed by atoms with van der Waals surface area (Å²) < 4.78 is 5.92. The highest BCUT2D eigenvalue weighted by molar-refractivity contribution is 9.10. The first-order valence-electron chi connectivity index (χ1n) is 4.62. The van der Waals surface area contributed by atoms with Gasteiger partial charge in [0, 0.05) is 4.47 Å². The molecular weight excluding hydrogens is 272 g/mol. The zero-order valence-corrected chi connectivity index (χ0v) is 10.5. The van der Waals surface area contributed by atoms with E-state index in [1.54, 1.807) is 19.1 Å². The highest BCUT2D eigenvalue weighted by Crippen LogP contribution is 2.28. The summed E-state index contributed by atoms with van der Waals surface area (Å²) in [5.74, 6) is -0.482. The molecule has 1 aromatic carbocycles. The van der Waals surface area contributed by atoms with Crippen molar-refractivity contribution in [2.45, 2.75) is 6.92 Å². The van der Waals surface area contributed by atoms with Crippen LogP contribution in [0.1, 0.15) is 6.92 Å². The van der Waals surface area contributed by atoms with E-state index in [1.165, 1.54) is 7.11 Å². The second kappa shape index (κ2) is 5.52. The Morgan fingerprint density at radius 2 is 2.31 bits per heavy atom. The summed E-state index contributed by atoms with van der Waals surface area (Å²) in [6.07, 6.45) is 0. The van der Waals surface area contributed by atoms with Crippen LogP contribution < -0.4 is 10.1 Å². The van der Waals surface area contributed by atoms with Gasteiger partial charge in [0.1, 0.15) is 11.7 Å². The molecule has 1 rings (SSSR count). The minimum Gasteiger partial charge on any atom is -0.495 e. The molecule has 0 radical (unpaired) electrons. The molecule has 0 aliphatic heterocycles. The van der Waals surface area contributed by atoms with Crippen molar-refractivity contribution in [3.05, 3.63) is 22.7 Å². The predicted octanol–water partition coefficient (Wildman–Crippen LogP) is 2.56. The molecular formula is C11H11BrN2O2. The SMILES string of the molecule is COc1ccc(Br)cc1NC(=O)C(C)C#N. The molecule has 0 bridgehead atoms. The Morgan fingerprint density at radius 1 is 1.62 bits per heavy atom. The number of hydrogen-bond acceptors (Lipinski definition) is 3. The zero-order valence-electron chi connectivity index (χ0n) is 8.95. The summed E-state index contributed by atoms with van der Waals surface area (Å²) in [7, 11) is 1.52. The van der Waals surface area contributed by atoms with Crippen LogP contribution in [-0.4, -0.2) is 13.0 Å². The third kappa shape index (κ3) is 2.97. The second-order valence-electron chi connectivity index (χ2n) is 3.18. The first kappa shape index (κ1) is 12.5. The van der Waals surface area contributed by atoms with Gasteiger partial charge in [0.25, 0.3) is 0 Å². The van der Waals surface area contributed by atoms with Crippen molar-refractivity contribution in [2.24, 2.45) is 5.92 Å². The van der Waals surface area contributed by atoms with Crippen molar-refractivity contribution in [1.29, 1.82) is 5.26 Å². The largest absolute Gasteiger partial charge is 0.495 e. The number of anilines is 1. The molecule has 84 valence electrons. The maximum atomic E-state index is 11.5. The predicted molar refractivity (Wildman–Crippen MR) is 64.1 cm³/mol. The number of rotatable bonds is 3. The number of carbonyl (C=O) groups is 1. The van der Waals surface area contributed by atoms with Gasteiger partial charge in [-0.3, -0.25) is 4.79 Å². The van der Waals surface area contributed by atoms with Crippen LogP contribution in [0.25, 0.3) is 0 Å². The topological polar surface area (TPSA) is 62.1 Å². The van der Waals surface area contributed by atoms with Gasteiger partial charge in [-0.05, 0) is 25.1 Å². The molecule has 5 heteroatoms. The standard InChI is InChI=1S/C11H11BrN2O2/c1-7(6-13)11(15)14-9-5-8(12)3-4-10(9)16-2/h3-5,7H,1-2H3,(H,14,15). The molecule has 0 saturated carbocycles. The Labute approximate surface area is 102 Å². The lowest BCUT2D eigenvalue weighted by Gasteiger charge is -2.11. The molecule has 1 unspecified atom stereocenters. The molecule has 0 saturated heterocycles. The van der Waals surface area contributed by atoms with E-state index in [2.05, 4.69) is 21.2 Å². The number of halogens is 1. The van der Waals surface area contributed by atoms with E-state index < -0.39 is 5.92 Å². The van der Waals surface area contributed by atoms with Crippen molar-refractivity contribution in [1.82, 2.24) is 0 Å². The van der Waals surface area contributed by atoms with Crippen LogP contribution >= 0.6 is 15.9 Å². The molecule has 0 fully saturated rings. The number of benzene rings is 1. The summed E-state index contributed by atoms with van der Waals surface area (Å²) in [6, 6.07) is 7.14. The number of ether oxygens (including phenoxy) is 1. The van der Waals surface area contributed by atoms with Gasteiger partial charge < -0.3 is 10.1 Å². The highest BCUT2D eigenvalue weighted by atomic mass is 79.9. The van der Waals surface area contributed by atoms with Crippen LogP contribution in [0.2, 0.25) is 0 Å². The first-order valence-corrected chi connectivity index (χ1v) is 5.41. The molecule has 1 aromatic rings. The van der Waals surface area contributed by atoms with Gasteiger partial charge in [0.05, 0.1) is 18.9 Å². The fourth-order valence-electron chi connectivity index (χ4n) is 1.08. The highest BCUT2D eigenvalue weighted by Gasteiger charge is 2.14. The summed E-state index contributed by atoms with van der Waals surface area (Å²) >= 11 is 3.30. The van der Waals surface area contributed by atoms with E-state index in [0.29, 0.717) is 11.4 Å². The lowest BCUT2D eigenvalue weighted by molar-refractivity contribution is -0.117. The third-order valence-corrected chi connectivity index (χ3v) is 2.50. The molecule has 0 heterocycles. The minimum atomic E-state index is -0.691. The Kier molecular flexibility index (Phi) is 4.32. The molecule has 4 nitrogen and oxygen atoms in total. The average molecular weight is 283 g/mol. The third-order valence-electron chi connectivity index (χ3n) is 2.01. The summed E-state index contributed by atoms with van der Waals surface area (Å²) in [5, 5.41) is 11.2. The molecule has 0 aliphatic carbocycles. The lowest BCUT2D eigenvalue weighted by Crippen LogP contribution is -2.19. The molecule has 16 heavy (non-hydrogen) atoms. The molecule has 0 spiro atoms. The van der Waals surface area contributed by atoms with Crippen LogP contribution in [0.5, 0.6) is 5.75 Å². The summed E-state index contributed by atoms with van der Waals surface area (Å²) in [6.45, 7) is 1.54. The maximum absolute atomic E-state index is 11.5. The van der Waals surface area contributed by atoms with E-state index >= 15 is 0 Å². The van der Waals surface area contributed by atoms with E-state index in [9.17, 15) is 4.79 Å². The van der Waals surface area contributed by atoms with Crippen molar-refractivity contribution < 1.29 is 9.53 Å². The normalized spacial score (nSPS) is 11.4. The second-order valence-corrected chi connectivity index (χ2v) is 4.10. The van der Waals surface area contributed by atoms with Gasteiger partial charge in [-0.2, -0.15) is 5.26 Å². The summed E-state index contributed by atoms with van der Waals surface area (Å²) in [5.41, 5.74) is 0.545. The van der Waals surface area contributed by atoms with Crippen LogP contribution in [0.15, 0.2) is 22.7 Å². The smallest absolute Gasteiger partial charge is 0.241 e. The van der Waals surface area contributed by atoms with Crippen molar-refractivity contribution in [2.75, 3.05) is 12.4 Å². The van der Waals surface area contributed by atoms with Crippen LogP contribution in [0, 0.1) is 17.2 Å². The Bertz CT molecular complexity index is 440. The van der Waals surface area contributed by atoms with Crippen LogP contribution in [-0.2, 0) is 4.79 Å². The van der Waals surface area contributed by atoms with Gasteiger partial charge >= 0.3 is 0 Å². The van der Waals surface area contributed by atoms with Crippen LogP contribution in [0.3, 0.4) is 0 Å². The van der Waals surface area contributed by atoms with E-state index in [1.807, 2.05) is 12.1 Å². The van der Waals surface area contributed by atoms with Gasteiger partial charge in [0.2, 0.25) is 5.91 Å². The lowest BCUT2D eigenvalue weighted by atomic mass is 10.2. The molecule has 1 atom stereocenters. The molecule has 1 amide bonds. The van der Waals surface area contributed by atoms with E-state index in [4.69, 9.17) is 10.00 Å². The molecule has 0 aliphatic rings. The Morgan fingerprint density at radius 3 is 2.88 bits per heavy atom. The number of methoxy groups -OCH3 is 1. The number of nitriles is 1. The monoisotopic (exact) mass is 282 g/mol. The van der Waals surface area contributed by atoms with E-state index in [-0.39, 0.29) is 5.91 Å². The van der Waals surface area contributed by atoms with Crippen molar-refractivity contribution in [3.63, 3.8) is 0 Å². The van der Waals surface area contributed by atoms with Crippen molar-refractivity contribution in [3.8, 4) is 11.8 Å². The minimum absolute atomic E-state index is 0.348. The number of nitrogens with one attached hydrogen (secondary N) is 1. The van der Waals surface area contributed by atoms with Crippen molar-refractivity contribution >= 4 is 27.5 Å². The Balaban J connectivity index is 2.92. The average Bonchev–Trinajstić information content (AvgIpc) is 2.28. The molecule has 1 N–H and O–H groups in total. The van der Waals surface area contributed by atoms with Gasteiger partial charge in [0.15, 0.2) is 0 Å². The quantitative estimate of drug-likeness (QED) is 0.927. The van der Waals surface area contributed by atoms with Gasteiger partial charge in [-0.1, -0.05) is 15.9 Å². The van der Waals surface area contributed by atoms with Gasteiger partial charge in [-0.25, -0.2) is 0 Å². The zero-order chi connectivity index (χ0) is 12.1. The fourth-order valence-corrected chi connectivity index (χ4v) is 1.44. The number of carbonyl (C=O) groups excluding carboxylic acids is 1. The first-order chi connectivity index (χ1) is 7.58. The number of amides is 1. The maximum Gasteiger partial charge on any atom is 0.241 e. The van der Waals surface area contributed by atoms with Gasteiger partial charge in [-0.15, -0.1) is 0 Å². The van der Waals surface area contributed by atoms with E-state index in [0.717, 1.165) is 4.47 Å². The van der Waals surface area contributed by atoms with Crippen LogP contribution in [0.4, 0.5) is 5.69 Å². The fraction of sp³-hybridized carbons (Fsp3) is 0.273. The number of nitrogens with zero attached hydrogens (tertiary/aromatic N) is 1. The Hall–Kier alpha value is -1.54.